The van der Waals surface area contributed by atoms with Crippen molar-refractivity contribution in [3.8, 4) is 0 Å². The maximum Gasteiger partial charge on any atom is 0.330 e. The number of nitrogens with zero attached hydrogens (tertiary/aromatic N) is 2. The van der Waals surface area contributed by atoms with E-state index in [1.807, 2.05) is 32.9 Å². The number of likely N-dealkylation sites (tertiary alicyclic amines) is 1. The normalized spacial score (nSPS) is 26.7. The van der Waals surface area contributed by atoms with Crippen LogP contribution in [0.2, 0.25) is 0 Å². The van der Waals surface area contributed by atoms with Crippen LogP contribution in [-0.4, -0.2) is 81.0 Å². The Labute approximate surface area is 242 Å². The Bertz CT molecular complexity index is 1190. The van der Waals surface area contributed by atoms with Crippen LogP contribution >= 0.6 is 0 Å². The van der Waals surface area contributed by atoms with Gasteiger partial charge in [0.2, 0.25) is 11.8 Å². The average molecular weight is 569 g/mol. The number of nitrogens with one attached hydrogen (secondary N) is 2. The number of hydrogen-bond donors (Lipinski definition) is 3. The van der Waals surface area contributed by atoms with Gasteiger partial charge in [0.05, 0.1) is 12.6 Å². The topological polar surface area (TPSA) is 128 Å². The summed E-state index contributed by atoms with van der Waals surface area (Å²) in [7, 11) is 0. The van der Waals surface area contributed by atoms with Crippen LogP contribution in [0.15, 0.2) is 36.9 Å². The summed E-state index contributed by atoms with van der Waals surface area (Å²) in [6.45, 7) is 16.3. The lowest BCUT2D eigenvalue weighted by molar-refractivity contribution is -0.154. The molecule has 0 bridgehead atoms. The number of esters is 1. The molecule has 41 heavy (non-hydrogen) atoms. The maximum atomic E-state index is 14.2. The molecule has 1 aromatic rings. The fourth-order valence-corrected chi connectivity index (χ4v) is 6.00. The Morgan fingerprint density at radius 1 is 1.12 bits per heavy atom. The molecule has 224 valence electrons. The van der Waals surface area contributed by atoms with Gasteiger partial charge in [-0.25, -0.2) is 4.79 Å². The molecular weight excluding hydrogens is 524 g/mol. The fraction of sp³-hybridized carbons (Fsp3) is 0.613. The summed E-state index contributed by atoms with van der Waals surface area (Å²) in [4.78, 5) is 56.4. The largest absolute Gasteiger partial charge is 0.479 e. The van der Waals surface area contributed by atoms with Gasteiger partial charge in [-0.15, -0.1) is 6.58 Å². The van der Waals surface area contributed by atoms with Crippen LogP contribution in [0, 0.1) is 11.3 Å². The quantitative estimate of drug-likeness (QED) is 0.306. The average Bonchev–Trinajstić information content (AvgIpc) is 3.20. The van der Waals surface area contributed by atoms with Gasteiger partial charge >= 0.3 is 11.9 Å². The number of hydrogen-bond acceptors (Lipinski definition) is 7. The van der Waals surface area contributed by atoms with Crippen molar-refractivity contribution in [2.45, 2.75) is 96.7 Å². The SMILES string of the molecule is C=C[C@@H]1C[C@]1(NC(=O)[C@@H]1C[C@@H](N2Cc3ccccc3C2)CN1C(=O)[C@@H](NCC(=O)OC(C)(C)C)C(C)(C)C)C(=O)O. The highest BCUT2D eigenvalue weighted by atomic mass is 16.6. The van der Waals surface area contributed by atoms with Crippen LogP contribution in [-0.2, 0) is 37.0 Å². The number of carbonyl (C=O) groups is 4. The summed E-state index contributed by atoms with van der Waals surface area (Å²) < 4.78 is 5.42. The van der Waals surface area contributed by atoms with E-state index in [0.29, 0.717) is 26.1 Å². The van der Waals surface area contributed by atoms with E-state index in [4.69, 9.17) is 4.74 Å². The predicted octanol–water partition coefficient (Wildman–Crippen LogP) is 2.46. The zero-order valence-corrected chi connectivity index (χ0v) is 25.0. The Balaban J connectivity index is 1.57. The Morgan fingerprint density at radius 3 is 2.22 bits per heavy atom. The third-order valence-corrected chi connectivity index (χ3v) is 8.26. The predicted molar refractivity (Wildman–Crippen MR) is 153 cm³/mol. The van der Waals surface area contributed by atoms with Gasteiger partial charge in [0, 0.05) is 31.6 Å². The zero-order chi connectivity index (χ0) is 30.3. The molecule has 0 aromatic heterocycles. The van der Waals surface area contributed by atoms with Crippen molar-refractivity contribution < 1.29 is 29.0 Å². The molecular formula is C31H44N4O6. The van der Waals surface area contributed by atoms with Gasteiger partial charge in [-0.2, -0.15) is 0 Å². The number of carboxylic acids is 1. The van der Waals surface area contributed by atoms with Crippen molar-refractivity contribution in [1.29, 1.82) is 0 Å². The third kappa shape index (κ3) is 6.64. The fourth-order valence-electron chi connectivity index (χ4n) is 6.00. The number of carboxylic acid groups (broad SMARTS) is 1. The van der Waals surface area contributed by atoms with E-state index in [1.54, 1.807) is 31.7 Å². The Kier molecular flexibility index (Phi) is 8.40. The van der Waals surface area contributed by atoms with E-state index in [-0.39, 0.29) is 30.8 Å². The van der Waals surface area contributed by atoms with E-state index in [1.165, 1.54) is 11.1 Å². The van der Waals surface area contributed by atoms with Gasteiger partial charge < -0.3 is 20.1 Å². The number of amides is 2. The van der Waals surface area contributed by atoms with E-state index >= 15 is 0 Å². The van der Waals surface area contributed by atoms with Crippen molar-refractivity contribution in [1.82, 2.24) is 20.4 Å². The van der Waals surface area contributed by atoms with Gasteiger partial charge in [-0.1, -0.05) is 51.1 Å². The van der Waals surface area contributed by atoms with E-state index < -0.39 is 46.5 Å². The van der Waals surface area contributed by atoms with Crippen LogP contribution < -0.4 is 10.6 Å². The second kappa shape index (κ2) is 11.2. The molecule has 0 spiro atoms. The number of benzene rings is 1. The summed E-state index contributed by atoms with van der Waals surface area (Å²) in [6, 6.07) is 6.46. The lowest BCUT2D eigenvalue weighted by atomic mass is 9.85. The Morgan fingerprint density at radius 2 is 1.73 bits per heavy atom. The number of carbonyl (C=O) groups excluding carboxylic acids is 3. The third-order valence-electron chi connectivity index (χ3n) is 8.26. The zero-order valence-electron chi connectivity index (χ0n) is 25.0. The summed E-state index contributed by atoms with van der Waals surface area (Å²) in [6.07, 6.45) is 2.20. The number of fused-ring (bicyclic) bond motifs is 1. The smallest absolute Gasteiger partial charge is 0.330 e. The van der Waals surface area contributed by atoms with Gasteiger partial charge in [0.1, 0.15) is 17.2 Å². The minimum atomic E-state index is -1.39. The van der Waals surface area contributed by atoms with Crippen molar-refractivity contribution in [2.75, 3.05) is 13.1 Å². The summed E-state index contributed by atoms with van der Waals surface area (Å²) in [5.74, 6) is -2.73. The van der Waals surface area contributed by atoms with Crippen molar-refractivity contribution in [2.24, 2.45) is 11.3 Å². The maximum absolute atomic E-state index is 14.2. The second-order valence-electron chi connectivity index (χ2n) is 13.6. The molecule has 10 nitrogen and oxygen atoms in total. The van der Waals surface area contributed by atoms with Crippen LogP contribution in [0.5, 0.6) is 0 Å². The standard InChI is InChI=1S/C31H44N4O6/c1-8-21-14-31(21,28(39)40)33-26(37)23-13-22(34-16-19-11-9-10-12-20(19)17-34)18-35(23)27(38)25(29(2,3)4)32-15-24(36)41-30(5,6)7/h8-12,21-23,25,32H,1,13-18H2,2-7H3,(H,33,37)(H,39,40)/t21-,22-,23+,25-,31-/m1/s1. The molecule has 2 heterocycles. The summed E-state index contributed by atoms with van der Waals surface area (Å²) in [5, 5.41) is 15.7. The molecule has 3 aliphatic rings. The monoisotopic (exact) mass is 568 g/mol. The highest BCUT2D eigenvalue weighted by molar-refractivity contribution is 5.95. The number of rotatable bonds is 9. The molecule has 3 N–H and O–H groups in total. The molecule has 4 rings (SSSR count). The second-order valence-corrected chi connectivity index (χ2v) is 13.6. The molecule has 2 amide bonds. The lowest BCUT2D eigenvalue weighted by Crippen LogP contribution is -2.59. The molecule has 1 saturated heterocycles. The summed E-state index contributed by atoms with van der Waals surface area (Å²) in [5.41, 5.74) is -0.198. The van der Waals surface area contributed by atoms with E-state index in [2.05, 4.69) is 34.2 Å². The first-order chi connectivity index (χ1) is 19.1. The molecule has 1 aromatic carbocycles. The van der Waals surface area contributed by atoms with Crippen LogP contribution in [0.25, 0.3) is 0 Å². The number of aliphatic carboxylic acids is 1. The van der Waals surface area contributed by atoms with Crippen molar-refractivity contribution >= 4 is 23.8 Å². The Hall–Kier alpha value is -3.24. The molecule has 0 unspecified atom stereocenters. The first-order valence-corrected chi connectivity index (χ1v) is 14.3. The molecule has 1 aliphatic carbocycles. The first kappa shape index (κ1) is 30.7. The molecule has 2 fully saturated rings. The van der Waals surface area contributed by atoms with Crippen molar-refractivity contribution in [3.63, 3.8) is 0 Å². The van der Waals surface area contributed by atoms with Gasteiger partial charge in [0.25, 0.3) is 0 Å². The molecule has 1 saturated carbocycles. The molecule has 10 heteroatoms. The van der Waals surface area contributed by atoms with Crippen LogP contribution in [0.1, 0.15) is 65.5 Å². The minimum absolute atomic E-state index is 0.0937. The minimum Gasteiger partial charge on any atom is -0.479 e. The molecule has 5 atom stereocenters. The molecule has 0 radical (unpaired) electrons. The highest BCUT2D eigenvalue weighted by Gasteiger charge is 2.61. The highest BCUT2D eigenvalue weighted by Crippen LogP contribution is 2.45. The lowest BCUT2D eigenvalue weighted by Gasteiger charge is -2.36. The van der Waals surface area contributed by atoms with Crippen LogP contribution in [0.4, 0.5) is 0 Å². The first-order valence-electron chi connectivity index (χ1n) is 14.3. The van der Waals surface area contributed by atoms with E-state index in [9.17, 15) is 24.3 Å². The number of ether oxygens (including phenoxy) is 1. The van der Waals surface area contributed by atoms with E-state index in [0.717, 1.165) is 0 Å². The van der Waals surface area contributed by atoms with Gasteiger partial charge in [0.15, 0.2) is 0 Å². The van der Waals surface area contributed by atoms with Crippen LogP contribution in [0.3, 0.4) is 0 Å². The summed E-state index contributed by atoms with van der Waals surface area (Å²) >= 11 is 0. The van der Waals surface area contributed by atoms with Gasteiger partial charge in [-0.05, 0) is 50.2 Å². The van der Waals surface area contributed by atoms with Gasteiger partial charge in [-0.3, -0.25) is 24.6 Å². The molecule has 2 aliphatic heterocycles. The van der Waals surface area contributed by atoms with Crippen molar-refractivity contribution in [3.05, 3.63) is 48.0 Å².